The lowest BCUT2D eigenvalue weighted by molar-refractivity contribution is -0.118. The predicted molar refractivity (Wildman–Crippen MR) is 163 cm³/mol. The predicted octanol–water partition coefficient (Wildman–Crippen LogP) is 6.65. The highest BCUT2D eigenvalue weighted by molar-refractivity contribution is 7.99. The first kappa shape index (κ1) is 27.9. The maximum Gasteiger partial charge on any atom is 0.250 e. The van der Waals surface area contributed by atoms with E-state index in [0.717, 1.165) is 28.0 Å². The summed E-state index contributed by atoms with van der Waals surface area (Å²) in [6.07, 6.45) is 5.47. The van der Waals surface area contributed by atoms with Crippen LogP contribution in [0.5, 0.6) is 0 Å². The highest BCUT2D eigenvalue weighted by atomic mass is 32.2. The fraction of sp³-hybridized carbons (Fsp3) is 0.226. The van der Waals surface area contributed by atoms with Crippen molar-refractivity contribution in [1.29, 1.82) is 0 Å². The van der Waals surface area contributed by atoms with Gasteiger partial charge in [0.25, 0.3) is 5.91 Å². The van der Waals surface area contributed by atoms with E-state index in [1.54, 1.807) is 12.3 Å². The quantitative estimate of drug-likeness (QED) is 0.0913. The van der Waals surface area contributed by atoms with Crippen molar-refractivity contribution in [3.8, 4) is 0 Å². The number of hydrogen-bond donors (Lipinski definition) is 2. The first-order valence-electron chi connectivity index (χ1n) is 12.9. The first-order chi connectivity index (χ1) is 18.9. The molecule has 0 aliphatic heterocycles. The molecule has 8 heteroatoms. The Bertz CT molecular complexity index is 1480. The van der Waals surface area contributed by atoms with Crippen molar-refractivity contribution < 1.29 is 4.79 Å². The number of aromatic nitrogens is 3. The Hall–Kier alpha value is -4.17. The number of nitrogens with one attached hydrogen (secondary N) is 2. The van der Waals surface area contributed by atoms with Crippen LogP contribution in [0.2, 0.25) is 0 Å². The lowest BCUT2D eigenvalue weighted by atomic mass is 10.0. The second-order valence-corrected chi connectivity index (χ2v) is 10.4. The second-order valence-electron chi connectivity index (χ2n) is 9.47. The van der Waals surface area contributed by atoms with Gasteiger partial charge in [-0.3, -0.25) is 4.79 Å². The number of benzene rings is 3. The molecule has 0 aliphatic rings. The maximum absolute atomic E-state index is 12.4. The van der Waals surface area contributed by atoms with Gasteiger partial charge < -0.3 is 9.88 Å². The van der Waals surface area contributed by atoms with E-state index >= 15 is 0 Å². The Labute approximate surface area is 234 Å². The molecule has 1 aromatic heterocycles. The average molecular weight is 539 g/mol. The molecule has 0 spiro atoms. The van der Waals surface area contributed by atoms with Gasteiger partial charge in [0, 0.05) is 17.6 Å². The van der Waals surface area contributed by atoms with Gasteiger partial charge in [-0.1, -0.05) is 98.4 Å². The lowest BCUT2D eigenvalue weighted by Gasteiger charge is -2.11. The fourth-order valence-electron chi connectivity index (χ4n) is 4.07. The van der Waals surface area contributed by atoms with Crippen molar-refractivity contribution >= 4 is 46.4 Å². The van der Waals surface area contributed by atoms with Crippen LogP contribution in [0.25, 0.3) is 16.8 Å². The SMILES string of the molecule is C=CCn1c(CNc2cccc3ccccc23)nnc1SCC(=O)NN=C/C(C)=C/c1ccc(C(C)C)cc1. The summed E-state index contributed by atoms with van der Waals surface area (Å²) in [5, 5.41) is 19.2. The largest absolute Gasteiger partial charge is 0.377 e. The van der Waals surface area contributed by atoms with Gasteiger partial charge in [-0.25, -0.2) is 5.43 Å². The molecule has 39 heavy (non-hydrogen) atoms. The molecule has 4 aromatic rings. The van der Waals surface area contributed by atoms with Gasteiger partial charge in [-0.15, -0.1) is 16.8 Å². The molecule has 2 N–H and O–H groups in total. The van der Waals surface area contributed by atoms with Gasteiger partial charge in [-0.2, -0.15) is 5.10 Å². The zero-order chi connectivity index (χ0) is 27.6. The van der Waals surface area contributed by atoms with E-state index < -0.39 is 0 Å². The molecule has 0 saturated carbocycles. The maximum atomic E-state index is 12.4. The molecule has 3 aromatic carbocycles. The molecule has 7 nitrogen and oxygen atoms in total. The minimum absolute atomic E-state index is 0.169. The minimum Gasteiger partial charge on any atom is -0.377 e. The van der Waals surface area contributed by atoms with Crippen LogP contribution < -0.4 is 10.7 Å². The number of carbonyl (C=O) groups is 1. The van der Waals surface area contributed by atoms with Crippen molar-refractivity contribution in [1.82, 2.24) is 20.2 Å². The summed E-state index contributed by atoms with van der Waals surface area (Å²) < 4.78 is 1.96. The van der Waals surface area contributed by atoms with E-state index in [-0.39, 0.29) is 11.7 Å². The molecule has 0 radical (unpaired) electrons. The molecule has 0 fully saturated rings. The van der Waals surface area contributed by atoms with E-state index in [0.29, 0.717) is 24.2 Å². The van der Waals surface area contributed by atoms with Crippen molar-refractivity contribution in [2.24, 2.45) is 5.10 Å². The van der Waals surface area contributed by atoms with E-state index in [2.05, 4.69) is 95.0 Å². The van der Waals surface area contributed by atoms with Crippen molar-refractivity contribution in [2.45, 2.75) is 44.9 Å². The van der Waals surface area contributed by atoms with Crippen molar-refractivity contribution in [3.05, 3.63) is 102 Å². The summed E-state index contributed by atoms with van der Waals surface area (Å²) in [6.45, 7) is 11.2. The van der Waals surface area contributed by atoms with Crippen LogP contribution in [0, 0.1) is 0 Å². The van der Waals surface area contributed by atoms with Crippen LogP contribution in [0.3, 0.4) is 0 Å². The van der Waals surface area contributed by atoms with E-state index in [1.165, 1.54) is 22.7 Å². The van der Waals surface area contributed by atoms with E-state index in [1.807, 2.05) is 35.8 Å². The standard InChI is InChI=1S/C31H34N6OS/c1-5-17-37-29(20-32-28-12-8-10-26-9-6-7-11-27(26)28)34-36-31(37)39-21-30(38)35-33-19-23(4)18-24-13-15-25(16-14-24)22(2)3/h5-16,18-19,22,32H,1,17,20-21H2,2-4H3,(H,35,38)/b23-18+,33-19?. The number of anilines is 1. The summed E-state index contributed by atoms with van der Waals surface area (Å²) in [6, 6.07) is 22.9. The van der Waals surface area contributed by atoms with Crippen LogP contribution in [-0.2, 0) is 17.9 Å². The fourth-order valence-corrected chi connectivity index (χ4v) is 4.83. The van der Waals surface area contributed by atoms with Gasteiger partial charge in [0.05, 0.1) is 18.5 Å². The molecule has 0 aliphatic carbocycles. The molecule has 1 amide bonds. The van der Waals surface area contributed by atoms with Crippen molar-refractivity contribution in [2.75, 3.05) is 11.1 Å². The smallest absolute Gasteiger partial charge is 0.250 e. The third-order valence-corrected chi connectivity index (χ3v) is 7.09. The molecule has 4 rings (SSSR count). The van der Waals surface area contributed by atoms with Crippen LogP contribution in [0.1, 0.15) is 43.6 Å². The first-order valence-corrected chi connectivity index (χ1v) is 13.9. The highest BCUT2D eigenvalue weighted by Crippen LogP contribution is 2.24. The van der Waals surface area contributed by atoms with Crippen molar-refractivity contribution in [3.63, 3.8) is 0 Å². The number of allylic oxidation sites excluding steroid dienone is 2. The highest BCUT2D eigenvalue weighted by Gasteiger charge is 2.14. The lowest BCUT2D eigenvalue weighted by Crippen LogP contribution is -2.20. The zero-order valence-electron chi connectivity index (χ0n) is 22.6. The van der Waals surface area contributed by atoms with Crippen LogP contribution in [-0.4, -0.2) is 32.6 Å². The van der Waals surface area contributed by atoms with E-state index in [4.69, 9.17) is 0 Å². The Kier molecular flexibility index (Phi) is 9.69. The Morgan fingerprint density at radius 3 is 2.62 bits per heavy atom. The summed E-state index contributed by atoms with van der Waals surface area (Å²) in [5.74, 6) is 1.23. The van der Waals surface area contributed by atoms with Crippen LogP contribution in [0.4, 0.5) is 5.69 Å². The van der Waals surface area contributed by atoms with Gasteiger partial charge in [0.2, 0.25) is 0 Å². The molecule has 0 saturated heterocycles. The Morgan fingerprint density at radius 2 is 1.85 bits per heavy atom. The number of fused-ring (bicyclic) bond motifs is 1. The number of amides is 1. The average Bonchev–Trinajstić information content (AvgIpc) is 3.32. The number of hydrogen-bond acceptors (Lipinski definition) is 6. The summed E-state index contributed by atoms with van der Waals surface area (Å²) in [4.78, 5) is 12.4. The molecule has 200 valence electrons. The van der Waals surface area contributed by atoms with E-state index in [9.17, 15) is 4.79 Å². The monoisotopic (exact) mass is 538 g/mol. The molecule has 0 atom stereocenters. The van der Waals surface area contributed by atoms with Gasteiger partial charge in [-0.05, 0) is 41.0 Å². The molecule has 0 bridgehead atoms. The Morgan fingerprint density at radius 1 is 1.08 bits per heavy atom. The number of hydrazone groups is 1. The summed E-state index contributed by atoms with van der Waals surface area (Å²) >= 11 is 1.32. The van der Waals surface area contributed by atoms with Gasteiger partial charge in [0.15, 0.2) is 11.0 Å². The third-order valence-electron chi connectivity index (χ3n) is 6.12. The third kappa shape index (κ3) is 7.67. The minimum atomic E-state index is -0.214. The number of thioether (sulfide) groups is 1. The number of nitrogens with zero attached hydrogens (tertiary/aromatic N) is 4. The molecular formula is C31H34N6OS. The number of carbonyl (C=O) groups excluding carboxylic acids is 1. The topological polar surface area (TPSA) is 84.2 Å². The van der Waals surface area contributed by atoms with Gasteiger partial charge >= 0.3 is 0 Å². The number of rotatable bonds is 12. The molecule has 0 unspecified atom stereocenters. The normalized spacial score (nSPS) is 11.8. The molecule has 1 heterocycles. The summed E-state index contributed by atoms with van der Waals surface area (Å²) in [7, 11) is 0. The Balaban J connectivity index is 1.31. The zero-order valence-corrected chi connectivity index (χ0v) is 23.4. The van der Waals surface area contributed by atoms with Gasteiger partial charge in [0.1, 0.15) is 0 Å². The molecular weight excluding hydrogens is 504 g/mol. The second kappa shape index (κ2) is 13.6. The van der Waals surface area contributed by atoms with Crippen LogP contribution in [0.15, 0.2) is 95.2 Å². The summed E-state index contributed by atoms with van der Waals surface area (Å²) in [5.41, 5.74) is 6.97. The van der Waals surface area contributed by atoms with Crippen LogP contribution >= 0.6 is 11.8 Å².